The molecule has 1 fully saturated rings. The van der Waals surface area contributed by atoms with Gasteiger partial charge in [0.05, 0.1) is 0 Å². The minimum atomic E-state index is 0.679. The lowest BCUT2D eigenvalue weighted by Gasteiger charge is -2.23. The number of fused-ring (bicyclic) bond motifs is 4. The van der Waals surface area contributed by atoms with Crippen LogP contribution in [-0.2, 0) is 0 Å². The molecule has 2 heteroatoms. The summed E-state index contributed by atoms with van der Waals surface area (Å²) in [7, 11) is 0. The van der Waals surface area contributed by atoms with E-state index in [-0.39, 0.29) is 0 Å². The SMILES string of the molecule is c1ccc(-c2cc(-c3ccc(-c4ccccc4)s3)cc(-c3c4ccccc4c(-c4c5ccccc5c(-c5cc(-c6ccccc6)cc(-c6ccc(C7CCCCC7)s6)c5)c5ccccc45)c4ccccc34)c2)cc1. The smallest absolute Gasteiger partial charge is 0.0349 e. The standard InChI is InChI=1S/C72H52S2/c1-5-21-47(22-6-1)51-41-53(67-39-37-65(73-67)49-25-9-3-10-26-49)45-55(43-51)69-57-29-13-17-33-61(57)71(62-34-18-14-30-58(62)69)72-63-35-19-15-31-59(63)70(60-32-16-20-36-64(60)72)56-44-52(48-23-7-2-8-24-48)42-54(46-56)68-40-38-66(74-68)50-27-11-4-12-28-50/h1-3,5-10,13-26,29-46,50H,4,11-12,27-28H2. The molecule has 0 N–H and O–H groups in total. The highest BCUT2D eigenvalue weighted by atomic mass is 32.1. The van der Waals surface area contributed by atoms with Crippen LogP contribution in [0.15, 0.2) is 249 Å². The molecule has 0 nitrogen and oxygen atoms in total. The van der Waals surface area contributed by atoms with Crippen molar-refractivity contribution in [2.45, 2.75) is 38.0 Å². The molecule has 0 atom stereocenters. The van der Waals surface area contributed by atoms with E-state index in [0.717, 1.165) is 0 Å². The topological polar surface area (TPSA) is 0 Å². The van der Waals surface area contributed by atoms with Gasteiger partial charge in [0.2, 0.25) is 0 Å². The van der Waals surface area contributed by atoms with E-state index in [9.17, 15) is 0 Å². The lowest BCUT2D eigenvalue weighted by atomic mass is 9.80. The van der Waals surface area contributed by atoms with Gasteiger partial charge >= 0.3 is 0 Å². The van der Waals surface area contributed by atoms with Crippen molar-refractivity contribution in [2.24, 2.45) is 0 Å². The van der Waals surface area contributed by atoms with Crippen LogP contribution >= 0.6 is 22.7 Å². The summed E-state index contributed by atoms with van der Waals surface area (Å²) >= 11 is 3.87. The Hall–Kier alpha value is -8.14. The summed E-state index contributed by atoms with van der Waals surface area (Å²) in [6.07, 6.45) is 6.66. The van der Waals surface area contributed by atoms with Gasteiger partial charge in [0.15, 0.2) is 0 Å². The Labute approximate surface area is 441 Å². The summed E-state index contributed by atoms with van der Waals surface area (Å²) in [5.41, 5.74) is 16.2. The molecule has 13 aromatic rings. The quantitative estimate of drug-likeness (QED) is 0.126. The van der Waals surface area contributed by atoms with Crippen molar-refractivity contribution >= 4 is 65.8 Å². The second-order valence-corrected chi connectivity index (χ2v) is 22.3. The fraction of sp³-hybridized carbons (Fsp3) is 0.0833. The van der Waals surface area contributed by atoms with Gasteiger partial charge in [-0.25, -0.2) is 0 Å². The first kappa shape index (κ1) is 44.6. The number of hydrogen-bond donors (Lipinski definition) is 0. The Bertz CT molecular complexity index is 4090. The molecule has 11 aromatic carbocycles. The Kier molecular flexibility index (Phi) is 11.5. The van der Waals surface area contributed by atoms with Crippen molar-refractivity contribution in [1.29, 1.82) is 0 Å². The molecule has 0 bridgehead atoms. The third kappa shape index (κ3) is 7.98. The Morgan fingerprint density at radius 3 is 0.959 bits per heavy atom. The van der Waals surface area contributed by atoms with Gasteiger partial charge in [0.1, 0.15) is 0 Å². The second-order valence-electron chi connectivity index (χ2n) is 20.1. The number of benzene rings is 11. The van der Waals surface area contributed by atoms with Crippen molar-refractivity contribution in [1.82, 2.24) is 0 Å². The minimum Gasteiger partial charge on any atom is -0.140 e. The average Bonchev–Trinajstić information content (AvgIpc) is 4.20. The van der Waals surface area contributed by atoms with Crippen LogP contribution < -0.4 is 0 Å². The molecule has 2 aromatic heterocycles. The van der Waals surface area contributed by atoms with E-state index < -0.39 is 0 Å². The first-order valence-electron chi connectivity index (χ1n) is 26.2. The first-order valence-corrected chi connectivity index (χ1v) is 27.9. The summed E-state index contributed by atoms with van der Waals surface area (Å²) in [5.74, 6) is 0.679. The Morgan fingerprint density at radius 2 is 0.541 bits per heavy atom. The first-order chi connectivity index (χ1) is 36.7. The summed E-state index contributed by atoms with van der Waals surface area (Å²) in [4.78, 5) is 5.42. The van der Waals surface area contributed by atoms with Gasteiger partial charge in [-0.3, -0.25) is 0 Å². The second kappa shape index (κ2) is 19.0. The molecule has 0 saturated heterocycles. The maximum Gasteiger partial charge on any atom is 0.0349 e. The van der Waals surface area contributed by atoms with E-state index in [1.54, 1.807) is 4.88 Å². The highest BCUT2D eigenvalue weighted by Crippen LogP contribution is 2.52. The monoisotopic (exact) mass is 980 g/mol. The van der Waals surface area contributed by atoms with Crippen molar-refractivity contribution in [3.63, 3.8) is 0 Å². The fourth-order valence-electron chi connectivity index (χ4n) is 12.2. The third-order valence-electron chi connectivity index (χ3n) is 15.6. The van der Waals surface area contributed by atoms with E-state index in [2.05, 4.69) is 249 Å². The van der Waals surface area contributed by atoms with Crippen LogP contribution in [0.25, 0.3) is 130 Å². The summed E-state index contributed by atoms with van der Waals surface area (Å²) < 4.78 is 0. The Morgan fingerprint density at radius 1 is 0.230 bits per heavy atom. The normalized spacial score (nSPS) is 13.1. The van der Waals surface area contributed by atoms with Crippen LogP contribution in [0, 0.1) is 0 Å². The van der Waals surface area contributed by atoms with Crippen molar-refractivity contribution in [3.8, 4) is 87.0 Å². The summed E-state index contributed by atoms with van der Waals surface area (Å²) in [6.45, 7) is 0. The molecule has 0 unspecified atom stereocenters. The molecule has 14 rings (SSSR count). The van der Waals surface area contributed by atoms with Gasteiger partial charge in [-0.1, -0.05) is 207 Å². The maximum absolute atomic E-state index is 2.48. The fourth-order valence-corrected chi connectivity index (χ4v) is 14.4. The lowest BCUT2D eigenvalue weighted by Crippen LogP contribution is -2.02. The van der Waals surface area contributed by atoms with E-state index in [0.29, 0.717) is 5.92 Å². The van der Waals surface area contributed by atoms with Gasteiger partial charge in [-0.2, -0.15) is 0 Å². The van der Waals surface area contributed by atoms with Crippen LogP contribution in [-0.4, -0.2) is 0 Å². The zero-order chi connectivity index (χ0) is 49.0. The molecule has 0 spiro atoms. The number of thiophene rings is 2. The molecular formula is C72H52S2. The lowest BCUT2D eigenvalue weighted by molar-refractivity contribution is 0.448. The van der Waals surface area contributed by atoms with Gasteiger partial charge < -0.3 is 0 Å². The van der Waals surface area contributed by atoms with Crippen LogP contribution in [0.1, 0.15) is 42.9 Å². The largest absolute Gasteiger partial charge is 0.140 e. The molecule has 1 aliphatic carbocycles. The molecule has 1 saturated carbocycles. The van der Waals surface area contributed by atoms with E-state index >= 15 is 0 Å². The van der Waals surface area contributed by atoms with Crippen LogP contribution in [0.5, 0.6) is 0 Å². The number of rotatable bonds is 9. The maximum atomic E-state index is 2.48. The molecular weight excluding hydrogens is 929 g/mol. The average molecular weight is 981 g/mol. The van der Waals surface area contributed by atoms with Gasteiger partial charge in [0.25, 0.3) is 0 Å². The van der Waals surface area contributed by atoms with E-state index in [1.807, 2.05) is 22.7 Å². The van der Waals surface area contributed by atoms with Crippen LogP contribution in [0.2, 0.25) is 0 Å². The zero-order valence-corrected chi connectivity index (χ0v) is 42.7. The molecule has 0 amide bonds. The molecule has 2 heterocycles. The predicted molar refractivity (Wildman–Crippen MR) is 322 cm³/mol. The highest BCUT2D eigenvalue weighted by molar-refractivity contribution is 7.18. The minimum absolute atomic E-state index is 0.679. The summed E-state index contributed by atoms with van der Waals surface area (Å²) in [6, 6.07) is 93.3. The van der Waals surface area contributed by atoms with Crippen molar-refractivity contribution < 1.29 is 0 Å². The van der Waals surface area contributed by atoms with Gasteiger partial charge in [0, 0.05) is 19.5 Å². The molecule has 1 aliphatic rings. The van der Waals surface area contributed by atoms with E-state index in [4.69, 9.17) is 0 Å². The van der Waals surface area contributed by atoms with Crippen LogP contribution in [0.3, 0.4) is 0 Å². The third-order valence-corrected chi connectivity index (χ3v) is 18.1. The van der Waals surface area contributed by atoms with Gasteiger partial charge in [-0.05, 0) is 195 Å². The molecule has 74 heavy (non-hydrogen) atoms. The van der Waals surface area contributed by atoms with Gasteiger partial charge in [-0.15, -0.1) is 22.7 Å². The highest BCUT2D eigenvalue weighted by Gasteiger charge is 2.25. The number of hydrogen-bond acceptors (Lipinski definition) is 2. The zero-order valence-electron chi connectivity index (χ0n) is 41.1. The Balaban J connectivity index is 1.00. The van der Waals surface area contributed by atoms with Crippen molar-refractivity contribution in [2.75, 3.05) is 0 Å². The summed E-state index contributed by atoms with van der Waals surface area (Å²) in [5, 5.41) is 10.0. The predicted octanol–water partition coefficient (Wildman–Crippen LogP) is 21.8. The molecule has 0 radical (unpaired) electrons. The van der Waals surface area contributed by atoms with E-state index in [1.165, 1.54) is 162 Å². The molecule has 352 valence electrons. The van der Waals surface area contributed by atoms with Crippen molar-refractivity contribution in [3.05, 3.63) is 254 Å². The molecule has 0 aliphatic heterocycles. The van der Waals surface area contributed by atoms with Crippen LogP contribution in [0.4, 0.5) is 0 Å².